The molecule has 0 spiro atoms. The fraction of sp³-hybridized carbons (Fsp3) is 0.235. The van der Waals surface area contributed by atoms with Crippen LogP contribution in [0.5, 0.6) is 5.75 Å². The molecule has 2 N–H and O–H groups in total. The lowest BCUT2D eigenvalue weighted by Crippen LogP contribution is -2.32. The summed E-state index contributed by atoms with van der Waals surface area (Å²) in [5.41, 5.74) is 0.674. The minimum Gasteiger partial charge on any atom is -0.494 e. The van der Waals surface area contributed by atoms with Gasteiger partial charge in [0.05, 0.1) is 12.3 Å². The van der Waals surface area contributed by atoms with Crippen LogP contribution in [-0.2, 0) is 4.79 Å². The Morgan fingerprint density at radius 3 is 2.48 bits per heavy atom. The van der Waals surface area contributed by atoms with Crippen molar-refractivity contribution in [3.8, 4) is 5.75 Å². The topological polar surface area (TPSA) is 50.4 Å². The van der Waals surface area contributed by atoms with Crippen molar-refractivity contribution in [2.75, 3.05) is 17.2 Å². The molecule has 0 aliphatic heterocycles. The summed E-state index contributed by atoms with van der Waals surface area (Å²) in [6, 6.07) is 9.54. The number of nitrogens with one attached hydrogen (secondary N) is 2. The number of hydrogen-bond acceptors (Lipinski definition) is 3. The number of ether oxygens (including phenoxy) is 1. The lowest BCUT2D eigenvalue weighted by Gasteiger charge is -2.16. The molecule has 0 fully saturated rings. The Balaban J connectivity index is 1.96. The van der Waals surface area contributed by atoms with Gasteiger partial charge < -0.3 is 15.4 Å². The summed E-state index contributed by atoms with van der Waals surface area (Å²) in [5.74, 6) is -1.19. The van der Waals surface area contributed by atoms with Crippen molar-refractivity contribution in [2.24, 2.45) is 0 Å². The van der Waals surface area contributed by atoms with Crippen LogP contribution in [0.25, 0.3) is 0 Å². The molecule has 0 radical (unpaired) electrons. The van der Waals surface area contributed by atoms with E-state index in [1.807, 2.05) is 6.92 Å². The normalized spacial score (nSPS) is 11.7. The predicted octanol–water partition coefficient (Wildman–Crippen LogP) is 3.80. The molecule has 4 nitrogen and oxygen atoms in total. The fourth-order valence-corrected chi connectivity index (χ4v) is 1.96. The van der Waals surface area contributed by atoms with Crippen LogP contribution >= 0.6 is 0 Å². The molecule has 1 atom stereocenters. The van der Waals surface area contributed by atoms with Gasteiger partial charge in [0.15, 0.2) is 0 Å². The molecule has 2 aromatic rings. The Bertz CT molecular complexity index is 675. The number of carbonyl (C=O) groups is 1. The van der Waals surface area contributed by atoms with Crippen molar-refractivity contribution in [1.82, 2.24) is 0 Å². The van der Waals surface area contributed by atoms with Crippen molar-refractivity contribution >= 4 is 17.3 Å². The maximum Gasteiger partial charge on any atom is 0.246 e. The smallest absolute Gasteiger partial charge is 0.246 e. The van der Waals surface area contributed by atoms with Gasteiger partial charge in [-0.15, -0.1) is 0 Å². The molecule has 6 heteroatoms. The number of anilines is 2. The van der Waals surface area contributed by atoms with Crippen molar-refractivity contribution < 1.29 is 18.3 Å². The minimum absolute atomic E-state index is 0.0586. The largest absolute Gasteiger partial charge is 0.494 e. The monoisotopic (exact) mass is 320 g/mol. The van der Waals surface area contributed by atoms with Gasteiger partial charge in [0.1, 0.15) is 23.4 Å². The second-order valence-corrected chi connectivity index (χ2v) is 4.94. The highest BCUT2D eigenvalue weighted by Crippen LogP contribution is 2.18. The molecule has 2 rings (SSSR count). The molecule has 1 unspecified atom stereocenters. The van der Waals surface area contributed by atoms with Crippen LogP contribution in [0, 0.1) is 11.6 Å². The van der Waals surface area contributed by atoms with Crippen molar-refractivity contribution in [3.63, 3.8) is 0 Å². The summed E-state index contributed by atoms with van der Waals surface area (Å²) in [6.45, 7) is 4.12. The van der Waals surface area contributed by atoms with Crippen molar-refractivity contribution in [1.29, 1.82) is 0 Å². The zero-order valence-electron chi connectivity index (χ0n) is 12.9. The summed E-state index contributed by atoms with van der Waals surface area (Å²) in [7, 11) is 0. The predicted molar refractivity (Wildman–Crippen MR) is 85.7 cm³/mol. The van der Waals surface area contributed by atoms with E-state index >= 15 is 0 Å². The summed E-state index contributed by atoms with van der Waals surface area (Å²) < 4.78 is 31.7. The molecule has 2 aromatic carbocycles. The van der Waals surface area contributed by atoms with Gasteiger partial charge in [-0.3, -0.25) is 4.79 Å². The van der Waals surface area contributed by atoms with Crippen LogP contribution in [0.3, 0.4) is 0 Å². The number of benzene rings is 2. The second-order valence-electron chi connectivity index (χ2n) is 4.94. The molecule has 0 saturated heterocycles. The maximum atomic E-state index is 13.5. The van der Waals surface area contributed by atoms with Gasteiger partial charge in [-0.25, -0.2) is 8.78 Å². The summed E-state index contributed by atoms with van der Waals surface area (Å²) in [6.07, 6.45) is 0. The van der Waals surface area contributed by atoms with Crippen molar-refractivity contribution in [2.45, 2.75) is 19.9 Å². The number of carbonyl (C=O) groups excluding carboxylic acids is 1. The third kappa shape index (κ3) is 4.67. The molecule has 0 aliphatic rings. The molecule has 0 aromatic heterocycles. The first-order chi connectivity index (χ1) is 11.0. The molecule has 23 heavy (non-hydrogen) atoms. The Kier molecular flexibility index (Phi) is 5.51. The van der Waals surface area contributed by atoms with Crippen LogP contribution < -0.4 is 15.4 Å². The van der Waals surface area contributed by atoms with Gasteiger partial charge in [0.25, 0.3) is 0 Å². The molecule has 0 heterocycles. The lowest BCUT2D eigenvalue weighted by atomic mass is 10.2. The quantitative estimate of drug-likeness (QED) is 0.851. The highest BCUT2D eigenvalue weighted by Gasteiger charge is 2.15. The van der Waals surface area contributed by atoms with Gasteiger partial charge in [0, 0.05) is 11.8 Å². The maximum absolute atomic E-state index is 13.5. The Labute approximate surface area is 133 Å². The van der Waals surface area contributed by atoms with Crippen LogP contribution in [0.4, 0.5) is 20.2 Å². The molecule has 122 valence electrons. The average Bonchev–Trinajstić information content (AvgIpc) is 2.52. The van der Waals surface area contributed by atoms with Crippen LogP contribution in [0.1, 0.15) is 13.8 Å². The van der Waals surface area contributed by atoms with E-state index in [1.54, 1.807) is 31.2 Å². The first-order valence-corrected chi connectivity index (χ1v) is 7.25. The van der Waals surface area contributed by atoms with E-state index in [9.17, 15) is 13.6 Å². The third-order valence-electron chi connectivity index (χ3n) is 3.13. The molecule has 1 amide bonds. The molecule has 0 saturated carbocycles. The molecule has 0 bridgehead atoms. The van der Waals surface area contributed by atoms with Gasteiger partial charge in [-0.05, 0) is 50.2 Å². The molecular formula is C17H18F2N2O2. The van der Waals surface area contributed by atoms with Gasteiger partial charge in [-0.2, -0.15) is 0 Å². The number of halogens is 2. The van der Waals surface area contributed by atoms with E-state index in [0.29, 0.717) is 6.61 Å². The van der Waals surface area contributed by atoms with E-state index < -0.39 is 23.6 Å². The van der Waals surface area contributed by atoms with E-state index in [-0.39, 0.29) is 5.69 Å². The number of hydrogen-bond donors (Lipinski definition) is 2. The van der Waals surface area contributed by atoms with Gasteiger partial charge in [-0.1, -0.05) is 0 Å². The first-order valence-electron chi connectivity index (χ1n) is 7.25. The Hall–Kier alpha value is -2.63. The minimum atomic E-state index is -0.813. The van der Waals surface area contributed by atoms with E-state index in [4.69, 9.17) is 4.74 Å². The zero-order valence-corrected chi connectivity index (χ0v) is 12.9. The van der Waals surface area contributed by atoms with Crippen LogP contribution in [0.15, 0.2) is 42.5 Å². The lowest BCUT2D eigenvalue weighted by molar-refractivity contribution is -0.116. The Morgan fingerprint density at radius 1 is 1.17 bits per heavy atom. The van der Waals surface area contributed by atoms with Crippen LogP contribution in [-0.4, -0.2) is 18.6 Å². The summed E-state index contributed by atoms with van der Waals surface area (Å²) in [4.78, 5) is 12.1. The van der Waals surface area contributed by atoms with Crippen LogP contribution in [0.2, 0.25) is 0 Å². The standard InChI is InChI=1S/C17H18F2N2O2/c1-3-23-14-7-5-13(6-8-14)20-11(2)17(22)21-16-9-4-12(18)10-15(16)19/h4-11,20H,3H2,1-2H3,(H,21,22). The summed E-state index contributed by atoms with van der Waals surface area (Å²) in [5, 5.41) is 5.42. The van der Waals surface area contributed by atoms with Gasteiger partial charge in [0.2, 0.25) is 5.91 Å². The van der Waals surface area contributed by atoms with Gasteiger partial charge >= 0.3 is 0 Å². The fourth-order valence-electron chi connectivity index (χ4n) is 1.96. The molecular weight excluding hydrogens is 302 g/mol. The molecule has 0 aliphatic carbocycles. The van der Waals surface area contributed by atoms with E-state index in [1.165, 1.54) is 6.07 Å². The first kappa shape index (κ1) is 16.7. The van der Waals surface area contributed by atoms with Crippen molar-refractivity contribution in [3.05, 3.63) is 54.1 Å². The number of rotatable bonds is 6. The third-order valence-corrected chi connectivity index (χ3v) is 3.13. The average molecular weight is 320 g/mol. The zero-order chi connectivity index (χ0) is 16.8. The second kappa shape index (κ2) is 7.58. The highest BCUT2D eigenvalue weighted by atomic mass is 19.1. The summed E-state index contributed by atoms with van der Waals surface area (Å²) >= 11 is 0. The SMILES string of the molecule is CCOc1ccc(NC(C)C(=O)Nc2ccc(F)cc2F)cc1. The van der Waals surface area contributed by atoms with E-state index in [0.717, 1.165) is 23.6 Å². The highest BCUT2D eigenvalue weighted by molar-refractivity contribution is 5.96. The van der Waals surface area contributed by atoms with E-state index in [2.05, 4.69) is 10.6 Å². The Morgan fingerprint density at radius 2 is 1.87 bits per heavy atom. The number of amides is 1.